The van der Waals surface area contributed by atoms with Gasteiger partial charge in [0.15, 0.2) is 0 Å². The van der Waals surface area contributed by atoms with Crippen LogP contribution in [-0.2, 0) is 6.42 Å². The second-order valence-electron chi connectivity index (χ2n) is 4.26. The highest BCUT2D eigenvalue weighted by molar-refractivity contribution is 9.10. The van der Waals surface area contributed by atoms with E-state index in [-0.39, 0.29) is 5.91 Å². The summed E-state index contributed by atoms with van der Waals surface area (Å²) in [5.41, 5.74) is 8.03. The third-order valence-corrected chi connectivity index (χ3v) is 3.29. The minimum Gasteiger partial charge on any atom is -0.399 e. The summed E-state index contributed by atoms with van der Waals surface area (Å²) in [7, 11) is 0. The van der Waals surface area contributed by atoms with E-state index in [2.05, 4.69) is 21.2 Å². The maximum absolute atomic E-state index is 11.9. The number of rotatable bonds is 4. The Morgan fingerprint density at radius 3 is 2.58 bits per heavy atom. The molecular weight excluding hydrogens is 304 g/mol. The molecule has 0 fully saturated rings. The van der Waals surface area contributed by atoms with E-state index in [4.69, 9.17) is 5.73 Å². The lowest BCUT2D eigenvalue weighted by molar-refractivity contribution is 0.0954. The second kappa shape index (κ2) is 6.38. The number of amides is 1. The van der Waals surface area contributed by atoms with Crippen molar-refractivity contribution in [3.63, 3.8) is 0 Å². The van der Waals surface area contributed by atoms with Crippen molar-refractivity contribution in [3.8, 4) is 0 Å². The molecular formula is C15H15BrN2O. The van der Waals surface area contributed by atoms with Gasteiger partial charge in [-0.3, -0.25) is 4.79 Å². The summed E-state index contributed by atoms with van der Waals surface area (Å²) < 4.78 is 1.06. The number of hydrogen-bond donors (Lipinski definition) is 2. The monoisotopic (exact) mass is 318 g/mol. The summed E-state index contributed by atoms with van der Waals surface area (Å²) >= 11 is 3.39. The van der Waals surface area contributed by atoms with Gasteiger partial charge >= 0.3 is 0 Å². The van der Waals surface area contributed by atoms with Crippen molar-refractivity contribution in [2.75, 3.05) is 12.3 Å². The standard InChI is InChI=1S/C15H15BrN2O/c16-13-6-4-11(5-7-13)8-9-18-15(19)12-2-1-3-14(17)10-12/h1-7,10H,8-9,17H2,(H,18,19). The molecule has 0 aliphatic rings. The molecule has 0 heterocycles. The second-order valence-corrected chi connectivity index (χ2v) is 5.17. The van der Waals surface area contributed by atoms with Crippen LogP contribution < -0.4 is 11.1 Å². The summed E-state index contributed by atoms with van der Waals surface area (Å²) in [5, 5.41) is 2.88. The number of nitrogens with one attached hydrogen (secondary N) is 1. The quantitative estimate of drug-likeness (QED) is 0.851. The van der Waals surface area contributed by atoms with Gasteiger partial charge in [0.2, 0.25) is 0 Å². The van der Waals surface area contributed by atoms with E-state index in [1.165, 1.54) is 5.56 Å². The summed E-state index contributed by atoms with van der Waals surface area (Å²) in [4.78, 5) is 11.9. The van der Waals surface area contributed by atoms with Crippen LogP contribution in [0.3, 0.4) is 0 Å². The highest BCUT2D eigenvalue weighted by Crippen LogP contribution is 2.11. The molecule has 4 heteroatoms. The summed E-state index contributed by atoms with van der Waals surface area (Å²) in [6.07, 6.45) is 0.807. The number of benzene rings is 2. The zero-order valence-electron chi connectivity index (χ0n) is 10.4. The molecule has 3 nitrogen and oxygen atoms in total. The van der Waals surface area contributed by atoms with E-state index in [1.54, 1.807) is 24.3 Å². The van der Waals surface area contributed by atoms with Gasteiger partial charge in [-0.05, 0) is 42.3 Å². The molecule has 0 saturated heterocycles. The fourth-order valence-electron chi connectivity index (χ4n) is 1.75. The first-order valence-corrected chi connectivity index (χ1v) is 6.82. The minimum atomic E-state index is -0.0931. The molecule has 1 amide bonds. The van der Waals surface area contributed by atoms with Crippen molar-refractivity contribution in [1.82, 2.24) is 5.32 Å². The summed E-state index contributed by atoms with van der Waals surface area (Å²) in [6, 6.07) is 15.0. The van der Waals surface area contributed by atoms with E-state index in [0.29, 0.717) is 17.8 Å². The molecule has 2 rings (SSSR count). The number of carbonyl (C=O) groups is 1. The van der Waals surface area contributed by atoms with Gasteiger partial charge in [-0.15, -0.1) is 0 Å². The maximum Gasteiger partial charge on any atom is 0.251 e. The van der Waals surface area contributed by atoms with Crippen LogP contribution in [-0.4, -0.2) is 12.5 Å². The first kappa shape index (κ1) is 13.6. The Morgan fingerprint density at radius 2 is 1.89 bits per heavy atom. The average Bonchev–Trinajstić information content (AvgIpc) is 2.41. The zero-order chi connectivity index (χ0) is 13.7. The number of anilines is 1. The normalized spacial score (nSPS) is 10.2. The van der Waals surface area contributed by atoms with Crippen molar-refractivity contribution < 1.29 is 4.79 Å². The van der Waals surface area contributed by atoms with Crippen molar-refractivity contribution in [1.29, 1.82) is 0 Å². The Balaban J connectivity index is 1.86. The summed E-state index contributed by atoms with van der Waals surface area (Å²) in [5.74, 6) is -0.0931. The molecule has 0 atom stereocenters. The van der Waals surface area contributed by atoms with E-state index in [1.807, 2.05) is 24.3 Å². The Kier molecular flexibility index (Phi) is 4.58. The van der Waals surface area contributed by atoms with Crippen molar-refractivity contribution in [2.24, 2.45) is 0 Å². The van der Waals surface area contributed by atoms with Gasteiger partial charge in [-0.1, -0.05) is 34.1 Å². The van der Waals surface area contributed by atoms with Gasteiger partial charge in [0.05, 0.1) is 0 Å². The topological polar surface area (TPSA) is 55.1 Å². The Hall–Kier alpha value is -1.81. The molecule has 0 aliphatic carbocycles. The minimum absolute atomic E-state index is 0.0931. The lowest BCUT2D eigenvalue weighted by Gasteiger charge is -2.06. The van der Waals surface area contributed by atoms with Crippen LogP contribution in [0.25, 0.3) is 0 Å². The fourth-order valence-corrected chi connectivity index (χ4v) is 2.02. The van der Waals surface area contributed by atoms with Crippen molar-refractivity contribution >= 4 is 27.5 Å². The van der Waals surface area contributed by atoms with Crippen LogP contribution in [0.5, 0.6) is 0 Å². The molecule has 0 radical (unpaired) electrons. The van der Waals surface area contributed by atoms with Gasteiger partial charge in [-0.25, -0.2) is 0 Å². The van der Waals surface area contributed by atoms with Gasteiger partial charge in [-0.2, -0.15) is 0 Å². The first-order valence-electron chi connectivity index (χ1n) is 6.03. The molecule has 0 bridgehead atoms. The third-order valence-electron chi connectivity index (χ3n) is 2.76. The third kappa shape index (κ3) is 4.10. The molecule has 0 unspecified atom stereocenters. The first-order chi connectivity index (χ1) is 9.15. The van der Waals surface area contributed by atoms with Crippen LogP contribution in [0.1, 0.15) is 15.9 Å². The number of nitrogens with two attached hydrogens (primary N) is 1. The molecule has 98 valence electrons. The molecule has 2 aromatic carbocycles. The largest absolute Gasteiger partial charge is 0.399 e. The average molecular weight is 319 g/mol. The molecule has 0 spiro atoms. The van der Waals surface area contributed by atoms with Crippen LogP contribution in [0.2, 0.25) is 0 Å². The fraction of sp³-hybridized carbons (Fsp3) is 0.133. The molecule has 0 aliphatic heterocycles. The molecule has 2 aromatic rings. The van der Waals surface area contributed by atoms with E-state index in [9.17, 15) is 4.79 Å². The van der Waals surface area contributed by atoms with E-state index >= 15 is 0 Å². The zero-order valence-corrected chi connectivity index (χ0v) is 12.0. The van der Waals surface area contributed by atoms with Gasteiger partial charge in [0.25, 0.3) is 5.91 Å². The molecule has 0 aromatic heterocycles. The van der Waals surface area contributed by atoms with Crippen LogP contribution in [0.15, 0.2) is 53.0 Å². The molecule has 3 N–H and O–H groups in total. The van der Waals surface area contributed by atoms with E-state index < -0.39 is 0 Å². The number of carbonyl (C=O) groups excluding carboxylic acids is 1. The predicted molar refractivity (Wildman–Crippen MR) is 81.0 cm³/mol. The van der Waals surface area contributed by atoms with Crippen molar-refractivity contribution in [3.05, 3.63) is 64.1 Å². The molecule has 0 saturated carbocycles. The predicted octanol–water partition coefficient (Wildman–Crippen LogP) is 3.00. The smallest absolute Gasteiger partial charge is 0.251 e. The lowest BCUT2D eigenvalue weighted by Crippen LogP contribution is -2.25. The number of halogens is 1. The van der Waals surface area contributed by atoms with Gasteiger partial charge in [0.1, 0.15) is 0 Å². The Bertz CT molecular complexity index is 567. The Labute approximate surface area is 121 Å². The van der Waals surface area contributed by atoms with Gasteiger partial charge < -0.3 is 11.1 Å². The number of hydrogen-bond acceptors (Lipinski definition) is 2. The summed E-state index contributed by atoms with van der Waals surface area (Å²) in [6.45, 7) is 0.606. The maximum atomic E-state index is 11.9. The highest BCUT2D eigenvalue weighted by atomic mass is 79.9. The van der Waals surface area contributed by atoms with E-state index in [0.717, 1.165) is 10.9 Å². The van der Waals surface area contributed by atoms with Crippen LogP contribution in [0, 0.1) is 0 Å². The molecule has 19 heavy (non-hydrogen) atoms. The van der Waals surface area contributed by atoms with Crippen LogP contribution >= 0.6 is 15.9 Å². The van der Waals surface area contributed by atoms with Gasteiger partial charge in [0, 0.05) is 22.3 Å². The number of nitrogen functional groups attached to an aromatic ring is 1. The Morgan fingerprint density at radius 1 is 1.16 bits per heavy atom. The lowest BCUT2D eigenvalue weighted by atomic mass is 10.1. The SMILES string of the molecule is Nc1cccc(C(=O)NCCc2ccc(Br)cc2)c1. The van der Waals surface area contributed by atoms with Crippen LogP contribution in [0.4, 0.5) is 5.69 Å². The van der Waals surface area contributed by atoms with Crippen molar-refractivity contribution in [2.45, 2.75) is 6.42 Å². The highest BCUT2D eigenvalue weighted by Gasteiger charge is 2.04.